The quantitative estimate of drug-likeness (QED) is 0.687. The minimum atomic E-state index is -2.90. The summed E-state index contributed by atoms with van der Waals surface area (Å²) in [5, 5.41) is 9.02. The molecule has 1 aromatic heterocycles. The standard InChI is InChI=1S/C16H17ClN2O5S2/c17-12-5-11(6-13-15(12)23-3-2-22-13)8-25-16-19-18-14(24-16)7-10-1-4-26(20,21)9-10/h5-6,10H,1-4,7-9H2/t10-/m0/s1. The lowest BCUT2D eigenvalue weighted by molar-refractivity contribution is 0.171. The van der Waals surface area contributed by atoms with Crippen LogP contribution < -0.4 is 9.47 Å². The van der Waals surface area contributed by atoms with Gasteiger partial charge in [0.05, 0.1) is 16.5 Å². The Morgan fingerprint density at radius 3 is 2.88 bits per heavy atom. The zero-order valence-corrected chi connectivity index (χ0v) is 16.2. The Kier molecular flexibility index (Phi) is 5.02. The SMILES string of the molecule is O=S1(=O)CC[C@@H](Cc2nnc(SCc3cc(Cl)c4c(c3)OCCO4)o2)C1. The molecule has 0 saturated carbocycles. The fourth-order valence-electron chi connectivity index (χ4n) is 3.05. The van der Waals surface area contributed by atoms with Crippen molar-refractivity contribution < 1.29 is 22.3 Å². The highest BCUT2D eigenvalue weighted by Gasteiger charge is 2.29. The van der Waals surface area contributed by atoms with Gasteiger partial charge in [-0.2, -0.15) is 0 Å². The average molecular weight is 417 g/mol. The van der Waals surface area contributed by atoms with Crippen LogP contribution in [0.3, 0.4) is 0 Å². The predicted molar refractivity (Wildman–Crippen MR) is 96.8 cm³/mol. The van der Waals surface area contributed by atoms with E-state index >= 15 is 0 Å². The van der Waals surface area contributed by atoms with Gasteiger partial charge >= 0.3 is 0 Å². The fourth-order valence-corrected chi connectivity index (χ4v) is 5.91. The maximum Gasteiger partial charge on any atom is 0.276 e. The monoisotopic (exact) mass is 416 g/mol. The van der Waals surface area contributed by atoms with Crippen molar-refractivity contribution in [3.8, 4) is 11.5 Å². The molecule has 2 aliphatic rings. The van der Waals surface area contributed by atoms with Crippen LogP contribution in [0.5, 0.6) is 11.5 Å². The molecule has 4 rings (SSSR count). The van der Waals surface area contributed by atoms with E-state index in [0.717, 1.165) is 5.56 Å². The summed E-state index contributed by atoms with van der Waals surface area (Å²) in [6.07, 6.45) is 1.16. The number of ether oxygens (including phenoxy) is 2. The molecule has 0 N–H and O–H groups in total. The maximum absolute atomic E-state index is 11.5. The molecule has 10 heteroatoms. The van der Waals surface area contributed by atoms with Gasteiger partial charge in [0.25, 0.3) is 5.22 Å². The molecule has 3 heterocycles. The van der Waals surface area contributed by atoms with Crippen molar-refractivity contribution in [2.75, 3.05) is 24.7 Å². The van der Waals surface area contributed by atoms with Gasteiger partial charge in [-0.15, -0.1) is 10.2 Å². The van der Waals surface area contributed by atoms with Gasteiger partial charge in [0.2, 0.25) is 5.89 Å². The van der Waals surface area contributed by atoms with Crippen LogP contribution in [0.1, 0.15) is 17.9 Å². The minimum absolute atomic E-state index is 0.0647. The molecule has 1 atom stereocenters. The number of aromatic nitrogens is 2. The highest BCUT2D eigenvalue weighted by Crippen LogP contribution is 2.39. The van der Waals surface area contributed by atoms with Crippen LogP contribution in [-0.2, 0) is 22.0 Å². The Morgan fingerprint density at radius 2 is 2.08 bits per heavy atom. The lowest BCUT2D eigenvalue weighted by Gasteiger charge is -2.20. The van der Waals surface area contributed by atoms with Gasteiger partial charge < -0.3 is 13.9 Å². The number of rotatable bonds is 5. The molecule has 26 heavy (non-hydrogen) atoms. The van der Waals surface area contributed by atoms with Crippen LogP contribution in [0.4, 0.5) is 0 Å². The Balaban J connectivity index is 1.37. The summed E-state index contributed by atoms with van der Waals surface area (Å²) in [5.74, 6) is 2.82. The third kappa shape index (κ3) is 4.10. The molecule has 1 fully saturated rings. The second-order valence-corrected chi connectivity index (χ2v) is 9.89. The average Bonchev–Trinajstić information content (AvgIpc) is 3.19. The Bertz CT molecular complexity index is 915. The topological polar surface area (TPSA) is 91.5 Å². The van der Waals surface area contributed by atoms with Gasteiger partial charge in [0.15, 0.2) is 21.3 Å². The van der Waals surface area contributed by atoms with Gasteiger partial charge in [0, 0.05) is 12.2 Å². The van der Waals surface area contributed by atoms with Gasteiger partial charge in [0.1, 0.15) is 13.2 Å². The van der Waals surface area contributed by atoms with Crippen molar-refractivity contribution in [3.05, 3.63) is 28.6 Å². The molecule has 0 bridgehead atoms. The summed E-state index contributed by atoms with van der Waals surface area (Å²) < 4.78 is 39.8. The van der Waals surface area contributed by atoms with Crippen molar-refractivity contribution in [3.63, 3.8) is 0 Å². The summed E-state index contributed by atoms with van der Waals surface area (Å²) in [6, 6.07) is 3.73. The summed E-state index contributed by atoms with van der Waals surface area (Å²) in [6.45, 7) is 0.998. The predicted octanol–water partition coefficient (Wildman–Crippen LogP) is 2.76. The normalized spacial score (nSPS) is 21.0. The lowest BCUT2D eigenvalue weighted by Crippen LogP contribution is -2.15. The number of benzene rings is 1. The molecule has 1 aromatic carbocycles. The van der Waals surface area contributed by atoms with E-state index in [0.29, 0.717) is 59.4 Å². The van der Waals surface area contributed by atoms with Crippen molar-refractivity contribution in [2.45, 2.75) is 23.8 Å². The Hall–Kier alpha value is -1.45. The van der Waals surface area contributed by atoms with Gasteiger partial charge in [-0.3, -0.25) is 0 Å². The number of thioether (sulfide) groups is 1. The highest BCUT2D eigenvalue weighted by atomic mass is 35.5. The number of fused-ring (bicyclic) bond motifs is 1. The second kappa shape index (κ2) is 7.28. The van der Waals surface area contributed by atoms with E-state index in [1.54, 1.807) is 0 Å². The summed E-state index contributed by atoms with van der Waals surface area (Å²) in [5.41, 5.74) is 0.964. The molecule has 1 saturated heterocycles. The molecule has 0 amide bonds. The fraction of sp³-hybridized carbons (Fsp3) is 0.500. The van der Waals surface area contributed by atoms with Crippen molar-refractivity contribution in [2.24, 2.45) is 5.92 Å². The first-order valence-corrected chi connectivity index (χ1v) is 11.4. The molecule has 0 unspecified atom stereocenters. The largest absolute Gasteiger partial charge is 0.486 e. The second-order valence-electron chi connectivity index (χ2n) is 6.33. The number of halogens is 1. The van der Waals surface area contributed by atoms with Gasteiger partial charge in [-0.1, -0.05) is 23.4 Å². The maximum atomic E-state index is 11.5. The first-order valence-electron chi connectivity index (χ1n) is 8.22. The summed E-state index contributed by atoms with van der Waals surface area (Å²) in [7, 11) is -2.90. The molecule has 2 aromatic rings. The smallest absolute Gasteiger partial charge is 0.276 e. The van der Waals surface area contributed by atoms with Crippen LogP contribution >= 0.6 is 23.4 Å². The zero-order valence-electron chi connectivity index (χ0n) is 13.8. The zero-order chi connectivity index (χ0) is 18.1. The Labute approximate surface area is 160 Å². The minimum Gasteiger partial charge on any atom is -0.486 e. The van der Waals surface area contributed by atoms with Crippen LogP contribution in [0.2, 0.25) is 5.02 Å². The third-order valence-corrected chi connectivity index (χ3v) is 7.26. The van der Waals surface area contributed by atoms with E-state index in [9.17, 15) is 8.42 Å². The molecule has 0 spiro atoms. The molecule has 0 aliphatic carbocycles. The number of hydrogen-bond acceptors (Lipinski definition) is 8. The highest BCUT2D eigenvalue weighted by molar-refractivity contribution is 7.98. The van der Waals surface area contributed by atoms with E-state index in [1.807, 2.05) is 12.1 Å². The van der Waals surface area contributed by atoms with E-state index in [2.05, 4.69) is 10.2 Å². The molecule has 7 nitrogen and oxygen atoms in total. The first kappa shape index (κ1) is 17.9. The van der Waals surface area contributed by atoms with Crippen LogP contribution in [0.15, 0.2) is 21.8 Å². The summed E-state index contributed by atoms with van der Waals surface area (Å²) >= 11 is 7.63. The van der Waals surface area contributed by atoms with E-state index in [4.69, 9.17) is 25.5 Å². The van der Waals surface area contributed by atoms with Crippen molar-refractivity contribution in [1.29, 1.82) is 0 Å². The van der Waals surface area contributed by atoms with Gasteiger partial charge in [-0.25, -0.2) is 8.42 Å². The van der Waals surface area contributed by atoms with E-state index in [1.165, 1.54) is 11.8 Å². The summed E-state index contributed by atoms with van der Waals surface area (Å²) in [4.78, 5) is 0. The molecular weight excluding hydrogens is 400 g/mol. The van der Waals surface area contributed by atoms with Crippen molar-refractivity contribution >= 4 is 33.2 Å². The van der Waals surface area contributed by atoms with Crippen LogP contribution in [-0.4, -0.2) is 43.3 Å². The van der Waals surface area contributed by atoms with E-state index < -0.39 is 9.84 Å². The number of nitrogens with zero attached hydrogens (tertiary/aromatic N) is 2. The Morgan fingerprint density at radius 1 is 1.23 bits per heavy atom. The third-order valence-electron chi connectivity index (χ3n) is 4.26. The lowest BCUT2D eigenvalue weighted by atomic mass is 10.1. The molecular formula is C16H17ClN2O5S2. The number of sulfone groups is 1. The van der Waals surface area contributed by atoms with Crippen molar-refractivity contribution in [1.82, 2.24) is 10.2 Å². The van der Waals surface area contributed by atoms with Crippen LogP contribution in [0.25, 0.3) is 0 Å². The molecule has 0 radical (unpaired) electrons. The first-order chi connectivity index (χ1) is 12.5. The van der Waals surface area contributed by atoms with E-state index in [-0.39, 0.29) is 17.4 Å². The molecule has 2 aliphatic heterocycles. The van der Waals surface area contributed by atoms with Crippen LogP contribution in [0, 0.1) is 5.92 Å². The molecule has 140 valence electrons. The number of hydrogen-bond donors (Lipinski definition) is 0. The van der Waals surface area contributed by atoms with Gasteiger partial charge in [-0.05, 0) is 30.0 Å².